The Hall–Kier alpha value is -3.34. The van der Waals surface area contributed by atoms with Crippen LogP contribution in [0, 0.1) is 6.92 Å². The second-order valence-electron chi connectivity index (χ2n) is 6.19. The molecule has 0 unspecified atom stereocenters. The van der Waals surface area contributed by atoms with Gasteiger partial charge >= 0.3 is 0 Å². The summed E-state index contributed by atoms with van der Waals surface area (Å²) >= 11 is 0. The maximum Gasteiger partial charge on any atom is 0.262 e. The molecule has 1 atom stereocenters. The number of phenols is 1. The first-order valence-electron chi connectivity index (χ1n) is 8.41. The second-order valence-corrected chi connectivity index (χ2v) is 6.19. The lowest BCUT2D eigenvalue weighted by Gasteiger charge is -2.13. The smallest absolute Gasteiger partial charge is 0.262 e. The lowest BCUT2D eigenvalue weighted by atomic mass is 10.0. The van der Waals surface area contributed by atoms with Crippen LogP contribution >= 0.6 is 0 Å². The number of hydrogen-bond acceptors (Lipinski definition) is 4. The number of anilines is 1. The highest BCUT2D eigenvalue weighted by Crippen LogP contribution is 2.25. The number of aryl methyl sites for hydroxylation is 1. The average Bonchev–Trinajstić information content (AvgIpc) is 2.63. The van der Waals surface area contributed by atoms with E-state index in [2.05, 4.69) is 15.8 Å². The van der Waals surface area contributed by atoms with Crippen LogP contribution in [-0.2, 0) is 4.79 Å². The molecule has 0 aliphatic heterocycles. The molecule has 5 heteroatoms. The first-order valence-corrected chi connectivity index (χ1v) is 8.41. The number of rotatable bonds is 5. The Morgan fingerprint density at radius 2 is 1.92 bits per heavy atom. The van der Waals surface area contributed by atoms with Crippen molar-refractivity contribution in [3.8, 4) is 5.75 Å². The van der Waals surface area contributed by atoms with Crippen LogP contribution in [-0.4, -0.2) is 23.3 Å². The van der Waals surface area contributed by atoms with Crippen molar-refractivity contribution in [1.29, 1.82) is 0 Å². The van der Waals surface area contributed by atoms with Gasteiger partial charge in [0.05, 0.1) is 6.21 Å². The molecule has 0 radical (unpaired) electrons. The van der Waals surface area contributed by atoms with Gasteiger partial charge in [0.2, 0.25) is 0 Å². The highest BCUT2D eigenvalue weighted by atomic mass is 16.3. The summed E-state index contributed by atoms with van der Waals surface area (Å²) in [6, 6.07) is 18.5. The molecule has 0 saturated heterocycles. The molecule has 5 nitrogen and oxygen atoms in total. The number of nitrogens with one attached hydrogen (secondary N) is 2. The standard InChI is InChI=1S/C21H21N3O2/c1-14-6-5-8-17(12-14)23-15(2)21(26)24-22-13-19-18-9-4-3-7-16(18)10-11-20(19)25/h3-13,15,23,25H,1-2H3,(H,24,26)/b22-13-/t15-/m0/s1. The number of benzene rings is 3. The van der Waals surface area contributed by atoms with Crippen molar-refractivity contribution >= 4 is 28.6 Å². The molecule has 3 rings (SSSR count). The predicted octanol–water partition coefficient (Wildman–Crippen LogP) is 3.80. The fourth-order valence-electron chi connectivity index (χ4n) is 2.73. The summed E-state index contributed by atoms with van der Waals surface area (Å²) in [4.78, 5) is 12.2. The zero-order valence-corrected chi connectivity index (χ0v) is 14.7. The van der Waals surface area contributed by atoms with Gasteiger partial charge in [0.25, 0.3) is 5.91 Å². The molecule has 0 heterocycles. The van der Waals surface area contributed by atoms with Crippen molar-refractivity contribution in [2.45, 2.75) is 19.9 Å². The van der Waals surface area contributed by atoms with Crippen LogP contribution in [0.15, 0.2) is 65.8 Å². The number of hydrogen-bond donors (Lipinski definition) is 3. The minimum Gasteiger partial charge on any atom is -0.507 e. The van der Waals surface area contributed by atoms with Crippen molar-refractivity contribution in [3.63, 3.8) is 0 Å². The number of nitrogens with zero attached hydrogens (tertiary/aromatic N) is 1. The fourth-order valence-corrected chi connectivity index (χ4v) is 2.73. The summed E-state index contributed by atoms with van der Waals surface area (Å²) in [6.07, 6.45) is 1.47. The molecule has 0 bridgehead atoms. The third-order valence-electron chi connectivity index (χ3n) is 4.11. The molecule has 0 aromatic heterocycles. The molecule has 1 amide bonds. The highest BCUT2D eigenvalue weighted by molar-refractivity contribution is 6.02. The summed E-state index contributed by atoms with van der Waals surface area (Å²) in [5.74, 6) is -0.143. The van der Waals surface area contributed by atoms with Crippen molar-refractivity contribution in [1.82, 2.24) is 5.43 Å². The van der Waals surface area contributed by atoms with Gasteiger partial charge in [0.15, 0.2) is 0 Å². The second kappa shape index (κ2) is 7.70. The summed E-state index contributed by atoms with van der Waals surface area (Å²) in [6.45, 7) is 3.76. The topological polar surface area (TPSA) is 73.7 Å². The summed E-state index contributed by atoms with van der Waals surface area (Å²) in [5.41, 5.74) is 5.08. The minimum absolute atomic E-state index is 0.118. The third-order valence-corrected chi connectivity index (χ3v) is 4.11. The van der Waals surface area contributed by atoms with E-state index in [1.807, 2.05) is 61.5 Å². The van der Waals surface area contributed by atoms with Gasteiger partial charge in [0.1, 0.15) is 11.8 Å². The third kappa shape index (κ3) is 4.00. The summed E-state index contributed by atoms with van der Waals surface area (Å²) < 4.78 is 0. The van der Waals surface area contributed by atoms with Gasteiger partial charge in [-0.2, -0.15) is 5.10 Å². The van der Waals surface area contributed by atoms with E-state index in [4.69, 9.17) is 0 Å². The van der Waals surface area contributed by atoms with Crippen LogP contribution in [0.1, 0.15) is 18.1 Å². The SMILES string of the molecule is Cc1cccc(N[C@@H](C)C(=O)N/N=C\c2c(O)ccc3ccccc23)c1. The Morgan fingerprint density at radius 3 is 2.73 bits per heavy atom. The summed E-state index contributed by atoms with van der Waals surface area (Å²) in [5, 5.41) is 19.1. The van der Waals surface area contributed by atoms with Gasteiger partial charge in [0, 0.05) is 11.3 Å². The van der Waals surface area contributed by atoms with Crippen LogP contribution in [0.5, 0.6) is 5.75 Å². The molecule has 132 valence electrons. The zero-order valence-electron chi connectivity index (χ0n) is 14.7. The Kier molecular flexibility index (Phi) is 5.17. The normalized spacial score (nSPS) is 12.2. The molecule has 0 saturated carbocycles. The summed E-state index contributed by atoms with van der Waals surface area (Å²) in [7, 11) is 0. The molecule has 0 spiro atoms. The van der Waals surface area contributed by atoms with E-state index < -0.39 is 6.04 Å². The van der Waals surface area contributed by atoms with Crippen molar-refractivity contribution in [2.75, 3.05) is 5.32 Å². The molecule has 26 heavy (non-hydrogen) atoms. The van der Waals surface area contributed by atoms with E-state index in [0.29, 0.717) is 5.56 Å². The number of amides is 1. The van der Waals surface area contributed by atoms with Crippen molar-refractivity contribution < 1.29 is 9.90 Å². The van der Waals surface area contributed by atoms with Gasteiger partial charge in [-0.25, -0.2) is 5.43 Å². The first kappa shape index (κ1) is 17.5. The van der Waals surface area contributed by atoms with Crippen LogP contribution in [0.25, 0.3) is 10.8 Å². The van der Waals surface area contributed by atoms with Crippen LogP contribution in [0.2, 0.25) is 0 Å². The van der Waals surface area contributed by atoms with E-state index >= 15 is 0 Å². The van der Waals surface area contributed by atoms with E-state index in [0.717, 1.165) is 22.0 Å². The molecule has 3 aromatic rings. The molecular weight excluding hydrogens is 326 g/mol. The van der Waals surface area contributed by atoms with Gasteiger partial charge in [-0.15, -0.1) is 0 Å². The number of aromatic hydroxyl groups is 1. The lowest BCUT2D eigenvalue weighted by molar-refractivity contribution is -0.121. The van der Waals surface area contributed by atoms with E-state index in [9.17, 15) is 9.90 Å². The number of carbonyl (C=O) groups is 1. The maximum absolute atomic E-state index is 12.2. The zero-order chi connectivity index (χ0) is 18.5. The van der Waals surface area contributed by atoms with Crippen molar-refractivity contribution in [3.05, 3.63) is 71.8 Å². The van der Waals surface area contributed by atoms with Crippen LogP contribution in [0.3, 0.4) is 0 Å². The quantitative estimate of drug-likeness (QED) is 0.485. The Morgan fingerprint density at radius 1 is 1.12 bits per heavy atom. The molecule has 0 aliphatic rings. The monoisotopic (exact) mass is 347 g/mol. The van der Waals surface area contributed by atoms with Gasteiger partial charge < -0.3 is 10.4 Å². The first-order chi connectivity index (χ1) is 12.5. The number of carbonyl (C=O) groups excluding carboxylic acids is 1. The van der Waals surface area contributed by atoms with Crippen LogP contribution < -0.4 is 10.7 Å². The Labute approximate surface area is 152 Å². The van der Waals surface area contributed by atoms with Gasteiger partial charge in [-0.05, 0) is 48.4 Å². The molecule has 0 fully saturated rings. The number of fused-ring (bicyclic) bond motifs is 1. The van der Waals surface area contributed by atoms with E-state index in [-0.39, 0.29) is 11.7 Å². The largest absolute Gasteiger partial charge is 0.507 e. The Balaban J connectivity index is 1.68. The molecule has 3 N–H and O–H groups in total. The van der Waals surface area contributed by atoms with E-state index in [1.165, 1.54) is 6.21 Å². The molecule has 0 aliphatic carbocycles. The lowest BCUT2D eigenvalue weighted by Crippen LogP contribution is -2.34. The number of phenolic OH excluding ortho intramolecular Hbond substituents is 1. The predicted molar refractivity (Wildman–Crippen MR) is 106 cm³/mol. The van der Waals surface area contributed by atoms with Crippen molar-refractivity contribution in [2.24, 2.45) is 5.10 Å². The van der Waals surface area contributed by atoms with Gasteiger partial charge in [-0.3, -0.25) is 4.79 Å². The maximum atomic E-state index is 12.2. The van der Waals surface area contributed by atoms with E-state index in [1.54, 1.807) is 13.0 Å². The minimum atomic E-state index is -0.449. The fraction of sp³-hybridized carbons (Fsp3) is 0.143. The Bertz CT molecular complexity index is 966. The highest BCUT2D eigenvalue weighted by Gasteiger charge is 2.12. The van der Waals surface area contributed by atoms with Gasteiger partial charge in [-0.1, -0.05) is 42.5 Å². The van der Waals surface area contributed by atoms with Crippen LogP contribution in [0.4, 0.5) is 5.69 Å². The molecule has 3 aromatic carbocycles. The average molecular weight is 347 g/mol. The molecular formula is C21H21N3O2. The number of hydrazone groups is 1.